The monoisotopic (exact) mass is 258 g/mol. The van der Waals surface area contributed by atoms with Crippen LogP contribution in [0.1, 0.15) is 27.2 Å². The molecule has 3 rings (SSSR count). The number of methoxy groups -OCH3 is 1. The van der Waals surface area contributed by atoms with Crippen LogP contribution in [-0.4, -0.2) is 13.1 Å². The van der Waals surface area contributed by atoms with Crippen LogP contribution in [0, 0.1) is 0 Å². The Balaban J connectivity index is 1.95. The number of fused-ring (bicyclic) bond motifs is 1. The van der Waals surface area contributed by atoms with Crippen molar-refractivity contribution in [3.8, 4) is 10.4 Å². The Labute approximate surface area is 110 Å². The summed E-state index contributed by atoms with van der Waals surface area (Å²) in [4.78, 5) is 13.2. The number of hydrogen-bond acceptors (Lipinski definition) is 3. The predicted octanol–water partition coefficient (Wildman–Crippen LogP) is 3.69. The van der Waals surface area contributed by atoms with Gasteiger partial charge in [-0.3, -0.25) is 0 Å². The van der Waals surface area contributed by atoms with E-state index in [4.69, 9.17) is 4.74 Å². The summed E-state index contributed by atoms with van der Waals surface area (Å²) < 4.78 is 4.73. The van der Waals surface area contributed by atoms with E-state index in [1.165, 1.54) is 54.4 Å². The zero-order chi connectivity index (χ0) is 12.5. The Morgan fingerprint density at radius 2 is 2.00 bits per heavy atom. The second kappa shape index (κ2) is 4.58. The highest BCUT2D eigenvalue weighted by Crippen LogP contribution is 2.32. The van der Waals surface area contributed by atoms with Crippen molar-refractivity contribution in [1.82, 2.24) is 0 Å². The van der Waals surface area contributed by atoms with E-state index in [-0.39, 0.29) is 5.97 Å². The maximum absolute atomic E-state index is 11.4. The molecule has 18 heavy (non-hydrogen) atoms. The van der Waals surface area contributed by atoms with Crippen molar-refractivity contribution in [3.63, 3.8) is 0 Å². The van der Waals surface area contributed by atoms with Crippen molar-refractivity contribution in [3.05, 3.63) is 46.3 Å². The number of carbonyl (C=O) groups excluding carboxylic acids is 1. The van der Waals surface area contributed by atoms with E-state index in [0.29, 0.717) is 4.88 Å². The lowest BCUT2D eigenvalue weighted by molar-refractivity contribution is 0.0606. The van der Waals surface area contributed by atoms with Crippen LogP contribution in [-0.2, 0) is 17.6 Å². The van der Waals surface area contributed by atoms with Crippen LogP contribution in [0.5, 0.6) is 0 Å². The first-order valence-electron chi connectivity index (χ1n) is 6.08. The lowest BCUT2D eigenvalue weighted by atomic mass is 10.1. The number of thiophene rings is 1. The minimum absolute atomic E-state index is 0.257. The maximum Gasteiger partial charge on any atom is 0.348 e. The molecule has 3 heteroatoms. The smallest absolute Gasteiger partial charge is 0.348 e. The molecule has 0 unspecified atom stereocenters. The van der Waals surface area contributed by atoms with Crippen LogP contribution in [0.2, 0.25) is 0 Å². The van der Waals surface area contributed by atoms with Crippen molar-refractivity contribution >= 4 is 17.3 Å². The summed E-state index contributed by atoms with van der Waals surface area (Å²) in [7, 11) is 1.41. The van der Waals surface area contributed by atoms with Crippen LogP contribution in [0.4, 0.5) is 0 Å². The molecule has 2 nitrogen and oxygen atoms in total. The molecule has 0 saturated carbocycles. The van der Waals surface area contributed by atoms with E-state index < -0.39 is 0 Å². The summed E-state index contributed by atoms with van der Waals surface area (Å²) in [6.45, 7) is 0. The topological polar surface area (TPSA) is 26.3 Å². The molecule has 1 heterocycles. The highest BCUT2D eigenvalue weighted by molar-refractivity contribution is 7.17. The first-order chi connectivity index (χ1) is 8.78. The van der Waals surface area contributed by atoms with Crippen molar-refractivity contribution < 1.29 is 9.53 Å². The molecule has 0 amide bonds. The highest BCUT2D eigenvalue weighted by atomic mass is 32.1. The Morgan fingerprint density at radius 1 is 1.17 bits per heavy atom. The lowest BCUT2D eigenvalue weighted by Crippen LogP contribution is -1.96. The third-order valence-electron chi connectivity index (χ3n) is 3.38. The van der Waals surface area contributed by atoms with Crippen molar-refractivity contribution in [2.24, 2.45) is 0 Å². The molecular weight excluding hydrogens is 244 g/mol. The van der Waals surface area contributed by atoms with Gasteiger partial charge >= 0.3 is 5.97 Å². The molecule has 1 aliphatic rings. The van der Waals surface area contributed by atoms with Crippen LogP contribution >= 0.6 is 11.3 Å². The Bertz CT molecular complexity index is 598. The number of aryl methyl sites for hydroxylation is 2. The van der Waals surface area contributed by atoms with Gasteiger partial charge in [0, 0.05) is 4.88 Å². The van der Waals surface area contributed by atoms with Gasteiger partial charge in [0.15, 0.2) is 0 Å². The van der Waals surface area contributed by atoms with E-state index in [2.05, 4.69) is 18.2 Å². The van der Waals surface area contributed by atoms with Crippen LogP contribution in [0.3, 0.4) is 0 Å². The van der Waals surface area contributed by atoms with Crippen molar-refractivity contribution in [2.75, 3.05) is 7.11 Å². The van der Waals surface area contributed by atoms with Gasteiger partial charge in [-0.1, -0.05) is 18.2 Å². The van der Waals surface area contributed by atoms with Gasteiger partial charge in [0.1, 0.15) is 4.88 Å². The van der Waals surface area contributed by atoms with Gasteiger partial charge in [-0.2, -0.15) is 0 Å². The lowest BCUT2D eigenvalue weighted by Gasteiger charge is -2.02. The second-order valence-corrected chi connectivity index (χ2v) is 5.58. The van der Waals surface area contributed by atoms with Crippen LogP contribution < -0.4 is 0 Å². The average molecular weight is 258 g/mol. The molecule has 1 aliphatic carbocycles. The SMILES string of the molecule is COC(=O)c1ccc(-c2ccc3c(c2)CCC3)s1. The van der Waals surface area contributed by atoms with E-state index in [1.807, 2.05) is 12.1 Å². The molecule has 0 aliphatic heterocycles. The molecule has 0 atom stereocenters. The number of esters is 1. The standard InChI is InChI=1S/C15H14O2S/c1-17-15(16)14-8-7-13(18-14)12-6-5-10-3-2-4-11(10)9-12/h5-9H,2-4H2,1H3. The van der Waals surface area contributed by atoms with Gasteiger partial charge in [0.25, 0.3) is 0 Å². The summed E-state index contributed by atoms with van der Waals surface area (Å²) in [5, 5.41) is 0. The summed E-state index contributed by atoms with van der Waals surface area (Å²) in [5.41, 5.74) is 4.14. The van der Waals surface area contributed by atoms with Gasteiger partial charge in [-0.05, 0) is 48.1 Å². The van der Waals surface area contributed by atoms with E-state index >= 15 is 0 Å². The van der Waals surface area contributed by atoms with Gasteiger partial charge in [-0.15, -0.1) is 11.3 Å². The van der Waals surface area contributed by atoms with Gasteiger partial charge in [0.2, 0.25) is 0 Å². The fourth-order valence-electron chi connectivity index (χ4n) is 2.43. The van der Waals surface area contributed by atoms with Gasteiger partial charge in [-0.25, -0.2) is 4.79 Å². The summed E-state index contributed by atoms with van der Waals surface area (Å²) in [6, 6.07) is 10.5. The van der Waals surface area contributed by atoms with Gasteiger partial charge in [0.05, 0.1) is 7.11 Å². The largest absolute Gasteiger partial charge is 0.465 e. The predicted molar refractivity (Wildman–Crippen MR) is 73.1 cm³/mol. The quantitative estimate of drug-likeness (QED) is 0.768. The van der Waals surface area contributed by atoms with Gasteiger partial charge < -0.3 is 4.74 Å². The fourth-order valence-corrected chi connectivity index (χ4v) is 3.35. The number of benzene rings is 1. The molecule has 92 valence electrons. The molecule has 0 fully saturated rings. The number of hydrogen-bond donors (Lipinski definition) is 0. The molecule has 0 radical (unpaired) electrons. The zero-order valence-corrected chi connectivity index (χ0v) is 11.0. The molecule has 2 aromatic rings. The van der Waals surface area contributed by atoms with Crippen molar-refractivity contribution in [2.45, 2.75) is 19.3 Å². The normalized spacial score (nSPS) is 13.4. The molecule has 0 saturated heterocycles. The second-order valence-electron chi connectivity index (χ2n) is 4.49. The maximum atomic E-state index is 11.4. The van der Waals surface area contributed by atoms with Crippen LogP contribution in [0.25, 0.3) is 10.4 Å². The van der Waals surface area contributed by atoms with E-state index in [9.17, 15) is 4.79 Å². The summed E-state index contributed by atoms with van der Waals surface area (Å²) >= 11 is 1.49. The summed E-state index contributed by atoms with van der Waals surface area (Å²) in [6.07, 6.45) is 3.64. The fraction of sp³-hybridized carbons (Fsp3) is 0.267. The highest BCUT2D eigenvalue weighted by Gasteiger charge is 2.14. The van der Waals surface area contributed by atoms with Crippen LogP contribution in [0.15, 0.2) is 30.3 Å². The first-order valence-corrected chi connectivity index (χ1v) is 6.90. The minimum atomic E-state index is -0.257. The summed E-state index contributed by atoms with van der Waals surface area (Å²) in [5.74, 6) is -0.257. The van der Waals surface area contributed by atoms with E-state index in [1.54, 1.807) is 0 Å². The third kappa shape index (κ3) is 1.95. The molecule has 0 bridgehead atoms. The van der Waals surface area contributed by atoms with E-state index in [0.717, 1.165) is 4.88 Å². The Hall–Kier alpha value is -1.61. The number of carbonyl (C=O) groups is 1. The Morgan fingerprint density at radius 3 is 2.83 bits per heavy atom. The molecular formula is C15H14O2S. The Kier molecular flexibility index (Phi) is 2.92. The third-order valence-corrected chi connectivity index (χ3v) is 4.49. The zero-order valence-electron chi connectivity index (χ0n) is 10.2. The molecule has 1 aromatic heterocycles. The average Bonchev–Trinajstić information content (AvgIpc) is 3.05. The molecule has 0 spiro atoms. The molecule has 1 aromatic carbocycles. The number of ether oxygens (including phenoxy) is 1. The number of rotatable bonds is 2. The minimum Gasteiger partial charge on any atom is -0.465 e. The molecule has 0 N–H and O–H groups in total. The van der Waals surface area contributed by atoms with Crippen molar-refractivity contribution in [1.29, 1.82) is 0 Å². The first kappa shape index (κ1) is 11.5.